The van der Waals surface area contributed by atoms with E-state index in [9.17, 15) is 20.2 Å². The Labute approximate surface area is 208 Å². The Morgan fingerprint density at radius 2 is 0.639 bits per heavy atom. The predicted molar refractivity (Wildman–Crippen MR) is 143 cm³/mol. The number of hydrogen-bond donors (Lipinski definition) is 0. The Balaban J connectivity index is 0.000000214. The molecule has 5 aromatic rings. The molecule has 0 N–H and O–H groups in total. The molecular weight excluding hydrogens is 452 g/mol. The van der Waals surface area contributed by atoms with E-state index in [0.29, 0.717) is 0 Å². The molecule has 0 aliphatic heterocycles. The minimum absolute atomic E-state index is 0.484. The first-order valence-corrected chi connectivity index (χ1v) is 11.2. The summed E-state index contributed by atoms with van der Waals surface area (Å²) < 4.78 is 0. The molecule has 0 aliphatic carbocycles. The van der Waals surface area contributed by atoms with Crippen LogP contribution in [0.15, 0.2) is 133 Å². The van der Waals surface area contributed by atoms with Crippen molar-refractivity contribution in [3.63, 3.8) is 0 Å². The zero-order chi connectivity index (χ0) is 25.3. The second-order valence-corrected chi connectivity index (χ2v) is 7.83. The molecular formula is C30H22N2O4. The smallest absolute Gasteiger partial charge is 0.258 e. The molecule has 5 rings (SSSR count). The lowest BCUT2D eigenvalue weighted by molar-refractivity contribution is -0.422. The zero-order valence-corrected chi connectivity index (χ0v) is 19.2. The average Bonchev–Trinajstić information content (AvgIpc) is 2.94. The van der Waals surface area contributed by atoms with Gasteiger partial charge in [-0.2, -0.15) is 0 Å². The quantitative estimate of drug-likeness (QED) is 0.190. The maximum atomic E-state index is 10.2. The fourth-order valence-corrected chi connectivity index (χ4v) is 3.95. The summed E-state index contributed by atoms with van der Waals surface area (Å²) in [5.41, 5.74) is 6.59. The molecule has 0 radical (unpaired) electrons. The molecule has 0 heterocycles. The predicted octanol–water partition coefficient (Wildman–Crippen LogP) is 8.19. The van der Waals surface area contributed by atoms with Crippen LogP contribution in [0.3, 0.4) is 0 Å². The number of nitrogens with zero attached hydrogens (tertiary/aromatic N) is 2. The first-order valence-electron chi connectivity index (χ1n) is 11.2. The van der Waals surface area contributed by atoms with Gasteiger partial charge in [-0.15, -0.1) is 0 Å². The van der Waals surface area contributed by atoms with E-state index in [1.807, 2.05) is 0 Å². The Bertz CT molecular complexity index is 1370. The third kappa shape index (κ3) is 5.51. The van der Waals surface area contributed by atoms with Gasteiger partial charge in [0.05, 0.1) is 9.85 Å². The first kappa shape index (κ1) is 24.0. The third-order valence-corrected chi connectivity index (χ3v) is 5.59. The van der Waals surface area contributed by atoms with Gasteiger partial charge in [-0.25, -0.2) is 0 Å². The van der Waals surface area contributed by atoms with Crippen LogP contribution in [0.5, 0.6) is 0 Å². The SMILES string of the molecule is O=[N+]([O-])c1ccccc1[N+](=O)[O-].c1ccc(-c2ccccc2-c2ccccc2-c2ccccc2)cc1. The fourth-order valence-electron chi connectivity index (χ4n) is 3.95. The highest BCUT2D eigenvalue weighted by atomic mass is 16.6. The fraction of sp³-hybridized carbons (Fsp3) is 0. The third-order valence-electron chi connectivity index (χ3n) is 5.59. The molecule has 0 saturated heterocycles. The van der Waals surface area contributed by atoms with Crippen molar-refractivity contribution in [2.45, 2.75) is 0 Å². The van der Waals surface area contributed by atoms with Gasteiger partial charge in [0.2, 0.25) is 0 Å². The van der Waals surface area contributed by atoms with Crippen molar-refractivity contribution >= 4 is 11.4 Å². The van der Waals surface area contributed by atoms with Gasteiger partial charge in [-0.1, -0.05) is 121 Å². The first-order chi connectivity index (χ1) is 17.6. The molecule has 176 valence electrons. The van der Waals surface area contributed by atoms with Crippen LogP contribution in [0.4, 0.5) is 11.4 Å². The molecule has 0 fully saturated rings. The van der Waals surface area contributed by atoms with Crippen molar-refractivity contribution in [2.24, 2.45) is 0 Å². The Kier molecular flexibility index (Phi) is 7.58. The molecule has 36 heavy (non-hydrogen) atoms. The summed E-state index contributed by atoms with van der Waals surface area (Å²) in [6.07, 6.45) is 0. The van der Waals surface area contributed by atoms with Crippen LogP contribution in [0.2, 0.25) is 0 Å². The minimum Gasteiger partial charge on any atom is -0.258 e. The van der Waals surface area contributed by atoms with Crippen LogP contribution >= 0.6 is 0 Å². The summed E-state index contributed by atoms with van der Waals surface area (Å²) in [7, 11) is 0. The highest BCUT2D eigenvalue weighted by molar-refractivity contribution is 5.91. The minimum atomic E-state index is -0.780. The number of benzene rings is 5. The molecule has 6 heteroatoms. The monoisotopic (exact) mass is 474 g/mol. The summed E-state index contributed by atoms with van der Waals surface area (Å²) in [5, 5.41) is 20.5. The lowest BCUT2D eigenvalue weighted by Crippen LogP contribution is -1.95. The lowest BCUT2D eigenvalue weighted by atomic mass is 9.89. The molecule has 0 amide bonds. The van der Waals surface area contributed by atoms with Gasteiger partial charge in [0.15, 0.2) is 0 Å². The number of rotatable bonds is 5. The Morgan fingerprint density at radius 3 is 0.972 bits per heavy atom. The van der Waals surface area contributed by atoms with E-state index in [1.54, 1.807) is 0 Å². The van der Waals surface area contributed by atoms with Crippen LogP contribution in [0, 0.1) is 20.2 Å². The molecule has 0 aromatic heterocycles. The number of nitro groups is 2. The lowest BCUT2D eigenvalue weighted by Gasteiger charge is -2.14. The van der Waals surface area contributed by atoms with Gasteiger partial charge in [0, 0.05) is 12.1 Å². The van der Waals surface area contributed by atoms with Gasteiger partial charge in [-0.05, 0) is 33.4 Å². The van der Waals surface area contributed by atoms with Crippen molar-refractivity contribution in [2.75, 3.05) is 0 Å². The van der Waals surface area contributed by atoms with E-state index in [2.05, 4.69) is 109 Å². The van der Waals surface area contributed by atoms with Crippen LogP contribution in [-0.2, 0) is 0 Å². The van der Waals surface area contributed by atoms with Crippen LogP contribution < -0.4 is 0 Å². The molecule has 6 nitrogen and oxygen atoms in total. The van der Waals surface area contributed by atoms with E-state index < -0.39 is 21.2 Å². The van der Waals surface area contributed by atoms with Gasteiger partial charge in [0.1, 0.15) is 0 Å². The Morgan fingerprint density at radius 1 is 0.361 bits per heavy atom. The highest BCUT2D eigenvalue weighted by Crippen LogP contribution is 2.37. The molecule has 0 spiro atoms. The molecule has 0 saturated carbocycles. The maximum absolute atomic E-state index is 10.2. The van der Waals surface area contributed by atoms with Crippen LogP contribution in [0.1, 0.15) is 0 Å². The average molecular weight is 475 g/mol. The van der Waals surface area contributed by atoms with E-state index in [0.717, 1.165) is 12.1 Å². The van der Waals surface area contributed by atoms with Crippen molar-refractivity contribution in [3.8, 4) is 33.4 Å². The van der Waals surface area contributed by atoms with E-state index in [1.165, 1.54) is 45.5 Å². The van der Waals surface area contributed by atoms with Gasteiger partial charge < -0.3 is 0 Å². The molecule has 0 bridgehead atoms. The standard InChI is InChI=1S/C24H18.C6H4N2O4/c1-3-11-19(12-4-1)21-15-7-9-17-23(21)24-18-10-8-16-22(24)20-13-5-2-6-14-20;9-7(10)5-3-1-2-4-6(5)8(11)12/h1-18H;1-4H. The van der Waals surface area contributed by atoms with E-state index in [-0.39, 0.29) is 0 Å². The summed E-state index contributed by atoms with van der Waals surface area (Å²) >= 11 is 0. The summed E-state index contributed by atoms with van der Waals surface area (Å²) in [5.74, 6) is 0. The van der Waals surface area contributed by atoms with Crippen LogP contribution in [-0.4, -0.2) is 9.85 Å². The van der Waals surface area contributed by atoms with Crippen molar-refractivity contribution in [1.29, 1.82) is 0 Å². The number of nitro benzene ring substituents is 2. The number of hydrogen-bond acceptors (Lipinski definition) is 4. The highest BCUT2D eigenvalue weighted by Gasteiger charge is 2.21. The molecule has 0 unspecified atom stereocenters. The normalized spacial score (nSPS) is 10.1. The molecule has 0 atom stereocenters. The molecule has 5 aromatic carbocycles. The summed E-state index contributed by atoms with van der Waals surface area (Å²) in [4.78, 5) is 18.9. The largest absolute Gasteiger partial charge is 0.346 e. The van der Waals surface area contributed by atoms with Crippen LogP contribution in [0.25, 0.3) is 33.4 Å². The second kappa shape index (κ2) is 11.4. The topological polar surface area (TPSA) is 86.3 Å². The van der Waals surface area contributed by atoms with Gasteiger partial charge in [-0.3, -0.25) is 20.2 Å². The Hall–Kier alpha value is -5.10. The van der Waals surface area contributed by atoms with E-state index in [4.69, 9.17) is 0 Å². The van der Waals surface area contributed by atoms with Crippen molar-refractivity contribution in [3.05, 3.63) is 154 Å². The van der Waals surface area contributed by atoms with Gasteiger partial charge >= 0.3 is 11.4 Å². The van der Waals surface area contributed by atoms with Crippen molar-refractivity contribution < 1.29 is 9.85 Å². The molecule has 0 aliphatic rings. The maximum Gasteiger partial charge on any atom is 0.346 e. The summed E-state index contributed by atoms with van der Waals surface area (Å²) in [6.45, 7) is 0. The second-order valence-electron chi connectivity index (χ2n) is 7.83. The van der Waals surface area contributed by atoms with Gasteiger partial charge in [0.25, 0.3) is 0 Å². The number of para-hydroxylation sites is 2. The van der Waals surface area contributed by atoms with Crippen molar-refractivity contribution in [1.82, 2.24) is 0 Å². The summed E-state index contributed by atoms with van der Waals surface area (Å²) in [6, 6.07) is 43.4. The zero-order valence-electron chi connectivity index (χ0n) is 19.2. The van der Waals surface area contributed by atoms with E-state index >= 15 is 0 Å².